The summed E-state index contributed by atoms with van der Waals surface area (Å²) in [6.45, 7) is 6.69. The van der Waals surface area contributed by atoms with Gasteiger partial charge >= 0.3 is 0 Å². The summed E-state index contributed by atoms with van der Waals surface area (Å²) in [5.41, 5.74) is 1.74. The smallest absolute Gasteiger partial charge is 0.257 e. The standard InChI is InChI=1S/C18H27N5O/c1-3-10-23-15(2)17(14-20-23)18(24)22-12-5-4-7-16(22)8-13-21-11-6-9-19-21/h6,9,11,14,16H,3-5,7-8,10,12-13H2,1-2H3/t16-/m1/s1. The molecule has 2 aromatic rings. The van der Waals surface area contributed by atoms with Crippen LogP contribution < -0.4 is 0 Å². The number of hydrogen-bond donors (Lipinski definition) is 0. The minimum atomic E-state index is 0.139. The fraction of sp³-hybridized carbons (Fsp3) is 0.611. The van der Waals surface area contributed by atoms with E-state index in [0.717, 1.165) is 56.6 Å². The molecule has 0 aliphatic carbocycles. The van der Waals surface area contributed by atoms with Gasteiger partial charge in [0.05, 0.1) is 11.8 Å². The third-order valence-electron chi connectivity index (χ3n) is 4.91. The molecule has 0 unspecified atom stereocenters. The van der Waals surface area contributed by atoms with Gasteiger partial charge in [-0.1, -0.05) is 6.92 Å². The molecule has 0 radical (unpaired) electrons. The maximum Gasteiger partial charge on any atom is 0.257 e. The Kier molecular flexibility index (Phi) is 5.33. The number of aryl methyl sites for hydroxylation is 2. The van der Waals surface area contributed by atoms with Gasteiger partial charge in [0.2, 0.25) is 0 Å². The second-order valence-corrected chi connectivity index (χ2v) is 6.57. The molecule has 3 heterocycles. The lowest BCUT2D eigenvalue weighted by molar-refractivity contribution is 0.0593. The summed E-state index contributed by atoms with van der Waals surface area (Å²) in [5, 5.41) is 8.65. The van der Waals surface area contributed by atoms with E-state index in [2.05, 4.69) is 22.0 Å². The molecule has 1 amide bonds. The minimum Gasteiger partial charge on any atom is -0.335 e. The number of piperidine rings is 1. The Morgan fingerprint density at radius 1 is 1.29 bits per heavy atom. The molecule has 0 spiro atoms. The topological polar surface area (TPSA) is 56.0 Å². The van der Waals surface area contributed by atoms with E-state index >= 15 is 0 Å². The molecule has 1 aliphatic heterocycles. The van der Waals surface area contributed by atoms with Crippen LogP contribution in [-0.4, -0.2) is 43.0 Å². The van der Waals surface area contributed by atoms with E-state index in [9.17, 15) is 4.79 Å². The average molecular weight is 329 g/mol. The Labute approximate surface area is 143 Å². The number of hydrogen-bond acceptors (Lipinski definition) is 3. The molecule has 1 saturated heterocycles. The van der Waals surface area contributed by atoms with Crippen molar-refractivity contribution in [1.82, 2.24) is 24.5 Å². The van der Waals surface area contributed by atoms with Crippen molar-refractivity contribution in [1.29, 1.82) is 0 Å². The summed E-state index contributed by atoms with van der Waals surface area (Å²) < 4.78 is 3.89. The highest BCUT2D eigenvalue weighted by Crippen LogP contribution is 2.23. The maximum atomic E-state index is 13.1. The average Bonchev–Trinajstić information content (AvgIpc) is 3.24. The van der Waals surface area contributed by atoms with E-state index < -0.39 is 0 Å². The second-order valence-electron chi connectivity index (χ2n) is 6.57. The predicted octanol–water partition coefficient (Wildman–Crippen LogP) is 2.88. The van der Waals surface area contributed by atoms with Crippen LogP contribution in [0.25, 0.3) is 0 Å². The molecule has 6 heteroatoms. The summed E-state index contributed by atoms with van der Waals surface area (Å²) in [6.07, 6.45) is 10.9. The lowest BCUT2D eigenvalue weighted by Crippen LogP contribution is -2.44. The summed E-state index contributed by atoms with van der Waals surface area (Å²) in [6, 6.07) is 2.24. The molecule has 6 nitrogen and oxygen atoms in total. The Balaban J connectivity index is 1.71. The van der Waals surface area contributed by atoms with Gasteiger partial charge in [0.1, 0.15) is 0 Å². The van der Waals surface area contributed by atoms with Gasteiger partial charge in [-0.25, -0.2) is 0 Å². The molecular formula is C18H27N5O. The van der Waals surface area contributed by atoms with Crippen molar-refractivity contribution in [2.24, 2.45) is 0 Å². The van der Waals surface area contributed by atoms with Crippen LogP contribution in [0.15, 0.2) is 24.7 Å². The first-order valence-corrected chi connectivity index (χ1v) is 9.01. The van der Waals surface area contributed by atoms with Crippen LogP contribution in [0.4, 0.5) is 0 Å². The number of rotatable bonds is 6. The number of carbonyl (C=O) groups excluding carboxylic acids is 1. The van der Waals surface area contributed by atoms with Gasteiger partial charge in [-0.3, -0.25) is 14.2 Å². The van der Waals surface area contributed by atoms with Crippen molar-refractivity contribution in [3.05, 3.63) is 35.9 Å². The first-order chi connectivity index (χ1) is 11.7. The molecule has 1 fully saturated rings. The monoisotopic (exact) mass is 329 g/mol. The maximum absolute atomic E-state index is 13.1. The lowest BCUT2D eigenvalue weighted by atomic mass is 9.98. The summed E-state index contributed by atoms with van der Waals surface area (Å²) in [7, 11) is 0. The van der Waals surface area contributed by atoms with Gasteiger partial charge in [0, 0.05) is 43.8 Å². The number of likely N-dealkylation sites (tertiary alicyclic amines) is 1. The second kappa shape index (κ2) is 7.64. The van der Waals surface area contributed by atoms with Crippen LogP contribution in [-0.2, 0) is 13.1 Å². The molecule has 1 atom stereocenters. The van der Waals surface area contributed by atoms with Crippen LogP contribution >= 0.6 is 0 Å². The first kappa shape index (κ1) is 16.7. The third kappa shape index (κ3) is 3.52. The summed E-state index contributed by atoms with van der Waals surface area (Å²) >= 11 is 0. The van der Waals surface area contributed by atoms with Crippen LogP contribution in [0, 0.1) is 6.92 Å². The molecule has 2 aromatic heterocycles. The number of aromatic nitrogens is 4. The zero-order chi connectivity index (χ0) is 16.9. The van der Waals surface area contributed by atoms with Crippen molar-refractivity contribution in [2.45, 2.75) is 65.1 Å². The largest absolute Gasteiger partial charge is 0.335 e. The molecule has 24 heavy (non-hydrogen) atoms. The first-order valence-electron chi connectivity index (χ1n) is 9.01. The Bertz CT molecular complexity index is 661. The van der Waals surface area contributed by atoms with Gasteiger partial charge in [0.15, 0.2) is 0 Å². The van der Waals surface area contributed by atoms with E-state index in [1.165, 1.54) is 6.42 Å². The van der Waals surface area contributed by atoms with Crippen molar-refractivity contribution in [3.63, 3.8) is 0 Å². The number of amides is 1. The third-order valence-corrected chi connectivity index (χ3v) is 4.91. The fourth-order valence-electron chi connectivity index (χ4n) is 3.53. The van der Waals surface area contributed by atoms with Crippen LogP contribution in [0.2, 0.25) is 0 Å². The highest BCUT2D eigenvalue weighted by molar-refractivity contribution is 5.95. The van der Waals surface area contributed by atoms with Crippen LogP contribution in [0.5, 0.6) is 0 Å². The van der Waals surface area contributed by atoms with Gasteiger partial charge in [-0.15, -0.1) is 0 Å². The SMILES string of the molecule is CCCn1ncc(C(=O)N2CCCC[C@@H]2CCn2cccn2)c1C. The molecule has 1 aliphatic rings. The summed E-state index contributed by atoms with van der Waals surface area (Å²) in [5.74, 6) is 0.139. The van der Waals surface area contributed by atoms with Gasteiger partial charge in [-0.2, -0.15) is 10.2 Å². The van der Waals surface area contributed by atoms with Gasteiger partial charge in [0.25, 0.3) is 5.91 Å². The minimum absolute atomic E-state index is 0.139. The van der Waals surface area contributed by atoms with Crippen molar-refractivity contribution in [2.75, 3.05) is 6.54 Å². The Morgan fingerprint density at radius 2 is 2.17 bits per heavy atom. The quantitative estimate of drug-likeness (QED) is 0.819. The highest BCUT2D eigenvalue weighted by Gasteiger charge is 2.29. The Hall–Kier alpha value is -2.11. The predicted molar refractivity (Wildman–Crippen MR) is 92.8 cm³/mol. The molecule has 3 rings (SSSR count). The van der Waals surface area contributed by atoms with Crippen molar-refractivity contribution < 1.29 is 4.79 Å². The van der Waals surface area contributed by atoms with E-state index in [4.69, 9.17) is 0 Å². The van der Waals surface area contributed by atoms with E-state index in [-0.39, 0.29) is 5.91 Å². The zero-order valence-electron chi connectivity index (χ0n) is 14.7. The molecule has 0 saturated carbocycles. The highest BCUT2D eigenvalue weighted by atomic mass is 16.2. The lowest BCUT2D eigenvalue weighted by Gasteiger charge is -2.36. The normalized spacial score (nSPS) is 18.1. The molecule has 0 bridgehead atoms. The summed E-state index contributed by atoms with van der Waals surface area (Å²) in [4.78, 5) is 15.1. The Morgan fingerprint density at radius 3 is 2.92 bits per heavy atom. The van der Waals surface area contributed by atoms with Crippen molar-refractivity contribution in [3.8, 4) is 0 Å². The van der Waals surface area contributed by atoms with E-state index in [1.807, 2.05) is 28.6 Å². The molecule has 0 aromatic carbocycles. The van der Waals surface area contributed by atoms with Gasteiger partial charge < -0.3 is 4.90 Å². The number of carbonyl (C=O) groups is 1. The van der Waals surface area contributed by atoms with Crippen molar-refractivity contribution >= 4 is 5.91 Å². The zero-order valence-corrected chi connectivity index (χ0v) is 14.7. The molecular weight excluding hydrogens is 302 g/mol. The van der Waals surface area contributed by atoms with E-state index in [1.54, 1.807) is 12.4 Å². The number of nitrogens with zero attached hydrogens (tertiary/aromatic N) is 5. The van der Waals surface area contributed by atoms with Crippen LogP contribution in [0.3, 0.4) is 0 Å². The fourth-order valence-corrected chi connectivity index (χ4v) is 3.53. The van der Waals surface area contributed by atoms with E-state index in [0.29, 0.717) is 6.04 Å². The van der Waals surface area contributed by atoms with Crippen LogP contribution in [0.1, 0.15) is 55.1 Å². The molecule has 130 valence electrons. The van der Waals surface area contributed by atoms with Gasteiger partial charge in [-0.05, 0) is 45.1 Å². The molecule has 0 N–H and O–H groups in total.